The number of thiazole rings is 1. The Morgan fingerprint density at radius 2 is 2.10 bits per heavy atom. The molecule has 3 aromatic rings. The second kappa shape index (κ2) is 8.71. The highest BCUT2D eigenvalue weighted by Crippen LogP contribution is 2.15. The minimum atomic E-state index is -0.608. The van der Waals surface area contributed by atoms with Crippen LogP contribution in [0, 0.1) is 0 Å². The lowest BCUT2D eigenvalue weighted by Crippen LogP contribution is -2.48. The summed E-state index contributed by atoms with van der Waals surface area (Å²) in [6.07, 6.45) is 0.903. The molecule has 9 heteroatoms. The number of aromatic nitrogens is 3. The number of rotatable bonds is 5. The van der Waals surface area contributed by atoms with Gasteiger partial charge in [0.25, 0.3) is 5.91 Å². The van der Waals surface area contributed by atoms with Gasteiger partial charge in [0.15, 0.2) is 5.69 Å². The molecule has 152 valence electrons. The minimum Gasteiger partial charge on any atom is -0.340 e. The van der Waals surface area contributed by atoms with E-state index in [9.17, 15) is 9.59 Å². The summed E-state index contributed by atoms with van der Waals surface area (Å²) in [5.41, 5.74) is 4.02. The molecule has 2 amide bonds. The third kappa shape index (κ3) is 4.46. The van der Waals surface area contributed by atoms with Gasteiger partial charge in [-0.15, -0.1) is 11.3 Å². The summed E-state index contributed by atoms with van der Waals surface area (Å²) >= 11 is 1.60. The first-order valence-corrected chi connectivity index (χ1v) is 10.7. The third-order valence-electron chi connectivity index (χ3n) is 5.17. The molecular weight excluding hydrogens is 388 g/mol. The molecule has 0 spiro atoms. The highest BCUT2D eigenvalue weighted by molar-refractivity contribution is 7.07. The number of nitrogens with zero attached hydrogens (tertiary/aromatic N) is 4. The normalized spacial score (nSPS) is 16.5. The van der Waals surface area contributed by atoms with Crippen LogP contribution in [0.5, 0.6) is 0 Å². The first kappa shape index (κ1) is 19.5. The molecule has 8 nitrogen and oxygen atoms in total. The Labute approximate surface area is 172 Å². The van der Waals surface area contributed by atoms with Gasteiger partial charge in [-0.05, 0) is 19.4 Å². The molecular formula is C20H24N6O2S. The Kier molecular flexibility index (Phi) is 5.86. The van der Waals surface area contributed by atoms with E-state index in [1.165, 1.54) is 0 Å². The second-order valence-corrected chi connectivity index (χ2v) is 7.97. The SMILES string of the molecule is CC(NC(=O)c1n[nH]c2ccccc12)C(=O)N1CCCN(Cc2cscn2)CC1. The van der Waals surface area contributed by atoms with Crippen LogP contribution in [0.25, 0.3) is 10.9 Å². The lowest BCUT2D eigenvalue weighted by Gasteiger charge is -2.25. The fourth-order valence-corrected chi connectivity index (χ4v) is 4.18. The zero-order valence-corrected chi connectivity index (χ0v) is 17.1. The van der Waals surface area contributed by atoms with Crippen LogP contribution in [0.2, 0.25) is 0 Å². The molecule has 2 N–H and O–H groups in total. The zero-order chi connectivity index (χ0) is 20.2. The van der Waals surface area contributed by atoms with Crippen molar-refractivity contribution < 1.29 is 9.59 Å². The van der Waals surface area contributed by atoms with Crippen molar-refractivity contribution in [2.45, 2.75) is 25.9 Å². The molecule has 1 atom stereocenters. The average molecular weight is 413 g/mol. The molecule has 1 saturated heterocycles. The molecule has 1 aliphatic heterocycles. The van der Waals surface area contributed by atoms with Crippen LogP contribution < -0.4 is 5.32 Å². The Balaban J connectivity index is 1.34. The van der Waals surface area contributed by atoms with Crippen LogP contribution >= 0.6 is 11.3 Å². The number of fused-ring (bicyclic) bond motifs is 1. The number of aromatic amines is 1. The van der Waals surface area contributed by atoms with Crippen molar-refractivity contribution in [1.29, 1.82) is 0 Å². The second-order valence-electron chi connectivity index (χ2n) is 7.25. The molecule has 0 saturated carbocycles. The smallest absolute Gasteiger partial charge is 0.273 e. The lowest BCUT2D eigenvalue weighted by molar-refractivity contribution is -0.132. The number of nitrogens with one attached hydrogen (secondary N) is 2. The molecule has 1 aliphatic rings. The van der Waals surface area contributed by atoms with Gasteiger partial charge in [-0.25, -0.2) is 4.98 Å². The van der Waals surface area contributed by atoms with E-state index in [-0.39, 0.29) is 11.8 Å². The molecule has 0 aliphatic carbocycles. The fraction of sp³-hybridized carbons (Fsp3) is 0.400. The molecule has 1 aromatic carbocycles. The number of H-pyrrole nitrogens is 1. The maximum absolute atomic E-state index is 12.9. The largest absolute Gasteiger partial charge is 0.340 e. The summed E-state index contributed by atoms with van der Waals surface area (Å²) in [5.74, 6) is -0.406. The fourth-order valence-electron chi connectivity index (χ4n) is 3.63. The highest BCUT2D eigenvalue weighted by atomic mass is 32.1. The van der Waals surface area contributed by atoms with Crippen molar-refractivity contribution in [1.82, 2.24) is 30.3 Å². The molecule has 1 fully saturated rings. The van der Waals surface area contributed by atoms with Crippen molar-refractivity contribution in [3.05, 3.63) is 46.5 Å². The summed E-state index contributed by atoms with van der Waals surface area (Å²) in [4.78, 5) is 34.0. The van der Waals surface area contributed by atoms with Gasteiger partial charge in [0.1, 0.15) is 6.04 Å². The number of carbonyl (C=O) groups is 2. The van der Waals surface area contributed by atoms with Gasteiger partial charge in [-0.1, -0.05) is 18.2 Å². The van der Waals surface area contributed by atoms with Crippen molar-refractivity contribution in [3.8, 4) is 0 Å². The number of carbonyl (C=O) groups excluding carboxylic acids is 2. The Morgan fingerprint density at radius 3 is 2.93 bits per heavy atom. The molecule has 4 rings (SSSR count). The number of amides is 2. The predicted octanol–water partition coefficient (Wildman–Crippen LogP) is 1.87. The topological polar surface area (TPSA) is 94.2 Å². The molecule has 1 unspecified atom stereocenters. The van der Waals surface area contributed by atoms with E-state index in [2.05, 4.69) is 30.8 Å². The van der Waals surface area contributed by atoms with Crippen molar-refractivity contribution in [3.63, 3.8) is 0 Å². The quantitative estimate of drug-likeness (QED) is 0.667. The van der Waals surface area contributed by atoms with E-state index in [0.717, 1.165) is 42.7 Å². The molecule has 0 radical (unpaired) electrons. The van der Waals surface area contributed by atoms with E-state index in [0.29, 0.717) is 18.8 Å². The minimum absolute atomic E-state index is 0.0614. The number of hydrogen-bond donors (Lipinski definition) is 2. The van der Waals surface area contributed by atoms with Crippen LogP contribution in [0.15, 0.2) is 35.2 Å². The van der Waals surface area contributed by atoms with Gasteiger partial charge in [-0.2, -0.15) is 5.10 Å². The summed E-state index contributed by atoms with van der Waals surface area (Å²) in [5, 5.41) is 12.6. The third-order valence-corrected chi connectivity index (χ3v) is 5.81. The first-order valence-electron chi connectivity index (χ1n) is 9.74. The van der Waals surface area contributed by atoms with Crippen LogP contribution in [-0.2, 0) is 11.3 Å². The number of benzene rings is 1. The highest BCUT2D eigenvalue weighted by Gasteiger charge is 2.26. The van der Waals surface area contributed by atoms with Gasteiger partial charge in [0.2, 0.25) is 5.91 Å². The summed E-state index contributed by atoms with van der Waals surface area (Å²) < 4.78 is 0. The van der Waals surface area contributed by atoms with E-state index in [4.69, 9.17) is 0 Å². The monoisotopic (exact) mass is 412 g/mol. The van der Waals surface area contributed by atoms with E-state index >= 15 is 0 Å². The van der Waals surface area contributed by atoms with Crippen molar-refractivity contribution in [2.75, 3.05) is 26.2 Å². The predicted molar refractivity (Wildman–Crippen MR) is 112 cm³/mol. The number of para-hydroxylation sites is 1. The standard InChI is InChI=1S/C20H24N6O2S/c1-14(22-19(27)18-16-5-2-3-6-17(16)23-24-18)20(28)26-8-4-7-25(9-10-26)11-15-12-29-13-21-15/h2-3,5-6,12-14H,4,7-11H2,1H3,(H,22,27)(H,23,24). The maximum atomic E-state index is 12.9. The summed E-state index contributed by atoms with van der Waals surface area (Å²) in [6, 6.07) is 6.83. The van der Waals surface area contributed by atoms with E-state index < -0.39 is 6.04 Å². The maximum Gasteiger partial charge on any atom is 0.273 e. The van der Waals surface area contributed by atoms with Crippen LogP contribution in [0.1, 0.15) is 29.5 Å². The first-order chi connectivity index (χ1) is 14.1. The van der Waals surface area contributed by atoms with Crippen LogP contribution in [0.4, 0.5) is 0 Å². The van der Waals surface area contributed by atoms with Gasteiger partial charge in [-0.3, -0.25) is 19.6 Å². The Bertz CT molecular complexity index is 986. The van der Waals surface area contributed by atoms with Gasteiger partial charge < -0.3 is 10.2 Å². The van der Waals surface area contributed by atoms with Crippen LogP contribution in [-0.4, -0.2) is 69.0 Å². The van der Waals surface area contributed by atoms with E-state index in [1.807, 2.05) is 34.7 Å². The van der Waals surface area contributed by atoms with E-state index in [1.54, 1.807) is 18.3 Å². The molecule has 2 aromatic heterocycles. The Hall–Kier alpha value is -2.78. The molecule has 29 heavy (non-hydrogen) atoms. The van der Waals surface area contributed by atoms with Gasteiger partial charge in [0, 0.05) is 43.5 Å². The zero-order valence-electron chi connectivity index (χ0n) is 16.3. The van der Waals surface area contributed by atoms with Crippen LogP contribution in [0.3, 0.4) is 0 Å². The van der Waals surface area contributed by atoms with Gasteiger partial charge in [0.05, 0.1) is 16.7 Å². The van der Waals surface area contributed by atoms with Crippen molar-refractivity contribution >= 4 is 34.1 Å². The van der Waals surface area contributed by atoms with Gasteiger partial charge >= 0.3 is 0 Å². The summed E-state index contributed by atoms with van der Waals surface area (Å²) in [7, 11) is 0. The lowest BCUT2D eigenvalue weighted by atomic mass is 10.2. The molecule has 3 heterocycles. The Morgan fingerprint density at radius 1 is 1.24 bits per heavy atom. The molecule has 0 bridgehead atoms. The number of hydrogen-bond acceptors (Lipinski definition) is 6. The average Bonchev–Trinajstić information content (AvgIpc) is 3.33. The van der Waals surface area contributed by atoms with Crippen molar-refractivity contribution in [2.24, 2.45) is 0 Å². The summed E-state index contributed by atoms with van der Waals surface area (Å²) in [6.45, 7) is 5.61.